The highest BCUT2D eigenvalue weighted by molar-refractivity contribution is 7.17. The van der Waals surface area contributed by atoms with E-state index in [1.165, 1.54) is 12.8 Å². The predicted octanol–water partition coefficient (Wildman–Crippen LogP) is 3.29. The van der Waals surface area contributed by atoms with E-state index in [9.17, 15) is 4.79 Å². The molecular formula is C14H20N2OS. The summed E-state index contributed by atoms with van der Waals surface area (Å²) in [6, 6.07) is 0.676. The summed E-state index contributed by atoms with van der Waals surface area (Å²) < 4.78 is 0. The molecule has 1 saturated carbocycles. The van der Waals surface area contributed by atoms with Crippen molar-refractivity contribution in [3.63, 3.8) is 0 Å². The van der Waals surface area contributed by atoms with Crippen molar-refractivity contribution in [2.45, 2.75) is 52.0 Å². The summed E-state index contributed by atoms with van der Waals surface area (Å²) in [5.74, 6) is 0.947. The van der Waals surface area contributed by atoms with Gasteiger partial charge in [0.05, 0.1) is 10.6 Å². The third-order valence-corrected chi connectivity index (χ3v) is 4.73. The third-order valence-electron chi connectivity index (χ3n) is 3.55. The maximum Gasteiger partial charge on any atom is 0.186 e. The molecule has 0 bridgehead atoms. The molecule has 1 heterocycles. The van der Waals surface area contributed by atoms with Crippen molar-refractivity contribution >= 4 is 22.3 Å². The van der Waals surface area contributed by atoms with Crippen molar-refractivity contribution in [2.75, 3.05) is 11.4 Å². The number of fused-ring (bicyclic) bond motifs is 1. The van der Waals surface area contributed by atoms with E-state index < -0.39 is 0 Å². The second-order valence-corrected chi connectivity index (χ2v) is 6.80. The molecule has 0 radical (unpaired) electrons. The van der Waals surface area contributed by atoms with Crippen LogP contribution in [-0.2, 0) is 6.42 Å². The largest absolute Gasteiger partial charge is 0.345 e. The number of carbonyl (C=O) groups is 1. The monoisotopic (exact) mass is 264 g/mol. The Morgan fingerprint density at radius 1 is 1.39 bits per heavy atom. The molecular weight excluding hydrogens is 244 g/mol. The Labute approximate surface area is 112 Å². The van der Waals surface area contributed by atoms with Gasteiger partial charge in [-0.15, -0.1) is 0 Å². The molecule has 0 unspecified atom stereocenters. The van der Waals surface area contributed by atoms with Gasteiger partial charge >= 0.3 is 0 Å². The van der Waals surface area contributed by atoms with Gasteiger partial charge in [0.25, 0.3) is 0 Å². The van der Waals surface area contributed by atoms with E-state index in [-0.39, 0.29) is 0 Å². The van der Waals surface area contributed by atoms with Gasteiger partial charge in [-0.05, 0) is 31.6 Å². The Balaban J connectivity index is 1.88. The summed E-state index contributed by atoms with van der Waals surface area (Å²) in [6.07, 6.45) is 5.23. The maximum absolute atomic E-state index is 11.9. The number of aromatic nitrogens is 1. The average molecular weight is 264 g/mol. The fourth-order valence-electron chi connectivity index (χ4n) is 2.54. The van der Waals surface area contributed by atoms with E-state index in [4.69, 9.17) is 4.98 Å². The highest BCUT2D eigenvalue weighted by Crippen LogP contribution is 2.37. The van der Waals surface area contributed by atoms with Crippen molar-refractivity contribution in [1.29, 1.82) is 0 Å². The van der Waals surface area contributed by atoms with Gasteiger partial charge in [0.2, 0.25) is 0 Å². The molecule has 0 aliphatic heterocycles. The molecule has 0 saturated heterocycles. The number of aryl methyl sites for hydroxylation is 1. The second-order valence-electron chi connectivity index (χ2n) is 5.83. The van der Waals surface area contributed by atoms with Crippen LogP contribution >= 0.6 is 11.3 Å². The van der Waals surface area contributed by atoms with Gasteiger partial charge in [-0.3, -0.25) is 4.79 Å². The van der Waals surface area contributed by atoms with Crippen LogP contribution in [0.25, 0.3) is 0 Å². The lowest BCUT2D eigenvalue weighted by Crippen LogP contribution is -2.29. The molecule has 0 N–H and O–H groups in total. The van der Waals surface area contributed by atoms with Crippen molar-refractivity contribution in [1.82, 2.24) is 4.98 Å². The van der Waals surface area contributed by atoms with Crippen LogP contribution in [0, 0.1) is 5.92 Å². The first-order chi connectivity index (χ1) is 8.65. The zero-order valence-electron chi connectivity index (χ0n) is 11.1. The van der Waals surface area contributed by atoms with Crippen LogP contribution in [0.4, 0.5) is 5.13 Å². The van der Waals surface area contributed by atoms with Crippen LogP contribution in [-0.4, -0.2) is 23.4 Å². The summed E-state index contributed by atoms with van der Waals surface area (Å²) in [5, 5.41) is 1.09. The molecule has 1 fully saturated rings. The number of nitrogens with zero attached hydrogens (tertiary/aromatic N) is 2. The Morgan fingerprint density at radius 2 is 2.17 bits per heavy atom. The minimum absolute atomic E-state index is 0.306. The Kier molecular flexibility index (Phi) is 3.14. The minimum atomic E-state index is 0.306. The molecule has 0 aromatic carbocycles. The molecule has 1 aromatic rings. The summed E-state index contributed by atoms with van der Waals surface area (Å²) >= 11 is 1.63. The molecule has 0 amide bonds. The third kappa shape index (κ3) is 2.30. The average Bonchev–Trinajstić information content (AvgIpc) is 3.05. The molecule has 2 aliphatic carbocycles. The number of ketones is 1. The van der Waals surface area contributed by atoms with Crippen molar-refractivity contribution in [3.05, 3.63) is 10.6 Å². The van der Waals surface area contributed by atoms with Crippen molar-refractivity contribution in [3.8, 4) is 0 Å². The minimum Gasteiger partial charge on any atom is -0.345 e. The summed E-state index contributed by atoms with van der Waals surface area (Å²) in [4.78, 5) is 20.0. The first kappa shape index (κ1) is 12.2. The van der Waals surface area contributed by atoms with Crippen LogP contribution in [0.15, 0.2) is 0 Å². The number of thiazole rings is 1. The van der Waals surface area contributed by atoms with Crippen LogP contribution < -0.4 is 4.90 Å². The zero-order valence-corrected chi connectivity index (χ0v) is 11.9. The molecule has 1 aromatic heterocycles. The fourth-order valence-corrected chi connectivity index (χ4v) is 3.70. The smallest absolute Gasteiger partial charge is 0.186 e. The van der Waals surface area contributed by atoms with Gasteiger partial charge in [0.1, 0.15) is 0 Å². The molecule has 98 valence electrons. The van der Waals surface area contributed by atoms with E-state index in [2.05, 4.69) is 18.7 Å². The quantitative estimate of drug-likeness (QED) is 0.836. The van der Waals surface area contributed by atoms with Gasteiger partial charge in [-0.25, -0.2) is 4.98 Å². The molecule has 3 rings (SSSR count). The Bertz CT molecular complexity index is 462. The number of hydrogen-bond acceptors (Lipinski definition) is 4. The maximum atomic E-state index is 11.9. The van der Waals surface area contributed by atoms with E-state index >= 15 is 0 Å². The normalized spacial score (nSPS) is 19.2. The van der Waals surface area contributed by atoms with Gasteiger partial charge in [0.15, 0.2) is 10.9 Å². The number of hydrogen-bond donors (Lipinski definition) is 0. The summed E-state index contributed by atoms with van der Waals surface area (Å²) in [6.45, 7) is 5.55. The van der Waals surface area contributed by atoms with E-state index in [1.54, 1.807) is 11.3 Å². The molecule has 4 heteroatoms. The molecule has 2 aliphatic rings. The van der Waals surface area contributed by atoms with Gasteiger partial charge in [-0.1, -0.05) is 25.2 Å². The number of rotatable bonds is 4. The molecule has 3 nitrogen and oxygen atoms in total. The van der Waals surface area contributed by atoms with E-state index in [1.807, 2.05) is 0 Å². The van der Waals surface area contributed by atoms with E-state index in [0.717, 1.165) is 35.1 Å². The second kappa shape index (κ2) is 4.65. The highest BCUT2D eigenvalue weighted by atomic mass is 32.1. The van der Waals surface area contributed by atoms with Crippen LogP contribution in [0.3, 0.4) is 0 Å². The van der Waals surface area contributed by atoms with Crippen molar-refractivity contribution in [2.24, 2.45) is 5.92 Å². The number of anilines is 1. The lowest BCUT2D eigenvalue weighted by molar-refractivity contribution is 0.0976. The van der Waals surface area contributed by atoms with Crippen LogP contribution in [0.5, 0.6) is 0 Å². The first-order valence-corrected chi connectivity index (χ1v) is 7.76. The fraction of sp³-hybridized carbons (Fsp3) is 0.714. The molecule has 18 heavy (non-hydrogen) atoms. The van der Waals surface area contributed by atoms with Gasteiger partial charge in [-0.2, -0.15) is 0 Å². The Hall–Kier alpha value is -0.900. The van der Waals surface area contributed by atoms with E-state index in [0.29, 0.717) is 24.2 Å². The van der Waals surface area contributed by atoms with Crippen LogP contribution in [0.1, 0.15) is 54.9 Å². The first-order valence-electron chi connectivity index (χ1n) is 6.94. The summed E-state index contributed by atoms with van der Waals surface area (Å²) in [7, 11) is 0. The topological polar surface area (TPSA) is 33.2 Å². The SMILES string of the molecule is CC(C)CN(c1nc2c(s1)C(=O)CCC2)C1CC1. The summed E-state index contributed by atoms with van der Waals surface area (Å²) in [5.41, 5.74) is 1.06. The van der Waals surface area contributed by atoms with Gasteiger partial charge in [0, 0.05) is 19.0 Å². The zero-order chi connectivity index (χ0) is 12.7. The predicted molar refractivity (Wildman–Crippen MR) is 74.6 cm³/mol. The van der Waals surface area contributed by atoms with Crippen LogP contribution in [0.2, 0.25) is 0 Å². The number of Topliss-reactive ketones (excluding diaryl/α,β-unsaturated/α-hetero) is 1. The molecule has 0 atom stereocenters. The van der Waals surface area contributed by atoms with Crippen molar-refractivity contribution < 1.29 is 4.79 Å². The molecule has 0 spiro atoms. The lowest BCUT2D eigenvalue weighted by Gasteiger charge is -2.23. The lowest BCUT2D eigenvalue weighted by atomic mass is 10.0. The standard InChI is InChI=1S/C14H20N2OS/c1-9(2)8-16(10-6-7-10)14-15-11-4-3-5-12(17)13(11)18-14/h9-10H,3-8H2,1-2H3. The Morgan fingerprint density at radius 3 is 2.78 bits per heavy atom. The number of carbonyl (C=O) groups excluding carboxylic acids is 1. The highest BCUT2D eigenvalue weighted by Gasteiger charge is 2.33. The van der Waals surface area contributed by atoms with Gasteiger partial charge < -0.3 is 4.90 Å².